The standard InChI is InChI=1S/C18H10N4OS3/c19-6-13-15(21)12(5-10-1-3-24-8-10)16-14(7-20)26-17(18(23)22(13)16)11-2-4-25-9-11/h1-5,8-9,17H,21H2/b12-5+/t17-/m1/s1. The van der Waals surface area contributed by atoms with Crippen LogP contribution in [0.2, 0.25) is 0 Å². The van der Waals surface area contributed by atoms with E-state index in [1.54, 1.807) is 0 Å². The Morgan fingerprint density at radius 1 is 1.15 bits per heavy atom. The second kappa shape index (κ2) is 6.50. The summed E-state index contributed by atoms with van der Waals surface area (Å²) in [5.74, 6) is -0.254. The van der Waals surface area contributed by atoms with E-state index in [4.69, 9.17) is 5.73 Å². The summed E-state index contributed by atoms with van der Waals surface area (Å²) < 4.78 is 1.31. The van der Waals surface area contributed by atoms with Crippen LogP contribution in [0.5, 0.6) is 0 Å². The van der Waals surface area contributed by atoms with Crippen molar-refractivity contribution in [2.75, 3.05) is 5.73 Å². The van der Waals surface area contributed by atoms with Crippen LogP contribution in [-0.4, -0.2) is 10.5 Å². The summed E-state index contributed by atoms with van der Waals surface area (Å²) in [4.78, 5) is 13.5. The van der Waals surface area contributed by atoms with Crippen molar-refractivity contribution < 1.29 is 4.79 Å². The number of hydrogen-bond donors (Lipinski definition) is 1. The molecular formula is C18H10N4OS3. The number of nitrogens with zero attached hydrogens (tertiary/aromatic N) is 3. The predicted molar refractivity (Wildman–Crippen MR) is 105 cm³/mol. The molecule has 0 aliphatic carbocycles. The van der Waals surface area contributed by atoms with Gasteiger partial charge >= 0.3 is 0 Å². The third-order valence-corrected chi connectivity index (χ3v) is 6.68. The van der Waals surface area contributed by atoms with Crippen LogP contribution in [0.25, 0.3) is 11.0 Å². The smallest absolute Gasteiger partial charge is 0.250 e. The molecule has 3 aromatic rings. The van der Waals surface area contributed by atoms with Gasteiger partial charge in [-0.3, -0.25) is 9.36 Å². The number of carbonyl (C=O) groups is 1. The van der Waals surface area contributed by atoms with Gasteiger partial charge in [0.2, 0.25) is 5.91 Å². The third-order valence-electron chi connectivity index (χ3n) is 4.05. The fourth-order valence-corrected chi connectivity index (χ4v) is 5.37. The number of thiophene rings is 2. The highest BCUT2D eigenvalue weighted by molar-refractivity contribution is 8.09. The Balaban J connectivity index is 2.08. The monoisotopic (exact) mass is 394 g/mol. The van der Waals surface area contributed by atoms with E-state index in [0.29, 0.717) is 15.5 Å². The fourth-order valence-electron chi connectivity index (χ4n) is 2.89. The molecule has 3 aromatic heterocycles. The van der Waals surface area contributed by atoms with E-state index in [-0.39, 0.29) is 17.3 Å². The molecule has 5 nitrogen and oxygen atoms in total. The first-order valence-corrected chi connectivity index (χ1v) is 10.2. The number of nitrogens with two attached hydrogens (primary N) is 1. The molecule has 1 aliphatic heterocycles. The number of aromatic nitrogens is 1. The summed E-state index contributed by atoms with van der Waals surface area (Å²) in [7, 11) is 0. The molecule has 0 aromatic carbocycles. The molecule has 0 bridgehead atoms. The Morgan fingerprint density at radius 3 is 2.54 bits per heavy atom. The molecule has 0 unspecified atom stereocenters. The average molecular weight is 395 g/mol. The van der Waals surface area contributed by atoms with Gasteiger partial charge in [0.15, 0.2) is 5.69 Å². The van der Waals surface area contributed by atoms with Crippen LogP contribution in [-0.2, 0) is 0 Å². The van der Waals surface area contributed by atoms with Crippen LogP contribution in [0.15, 0.2) is 33.7 Å². The van der Waals surface area contributed by atoms with Crippen LogP contribution in [0, 0.1) is 22.7 Å². The maximum atomic E-state index is 13.1. The molecule has 4 heterocycles. The van der Waals surface area contributed by atoms with Crippen molar-refractivity contribution in [1.82, 2.24) is 4.57 Å². The fraction of sp³-hybridized carbons (Fsp3) is 0.0556. The molecule has 126 valence electrons. The molecule has 0 radical (unpaired) electrons. The van der Waals surface area contributed by atoms with Gasteiger partial charge in [0, 0.05) is 5.22 Å². The predicted octanol–water partition coefficient (Wildman–Crippen LogP) is 2.65. The van der Waals surface area contributed by atoms with Gasteiger partial charge < -0.3 is 5.73 Å². The van der Waals surface area contributed by atoms with E-state index in [0.717, 1.165) is 11.1 Å². The summed E-state index contributed by atoms with van der Waals surface area (Å²) >= 11 is 4.23. The lowest BCUT2D eigenvalue weighted by atomic mass is 10.2. The third kappa shape index (κ3) is 2.47. The van der Waals surface area contributed by atoms with Crippen molar-refractivity contribution in [2.24, 2.45) is 0 Å². The highest BCUT2D eigenvalue weighted by atomic mass is 32.2. The topological polar surface area (TPSA) is 95.6 Å². The highest BCUT2D eigenvalue weighted by Gasteiger charge is 2.34. The zero-order valence-corrected chi connectivity index (χ0v) is 15.6. The Hall–Kier alpha value is -2.78. The molecule has 0 saturated heterocycles. The maximum absolute atomic E-state index is 13.1. The van der Waals surface area contributed by atoms with Crippen molar-refractivity contribution in [3.8, 4) is 12.1 Å². The lowest BCUT2D eigenvalue weighted by Gasteiger charge is -2.20. The first kappa shape index (κ1) is 16.7. The number of thioether (sulfide) groups is 1. The van der Waals surface area contributed by atoms with Gasteiger partial charge in [-0.25, -0.2) is 0 Å². The number of hydrogen-bond acceptors (Lipinski definition) is 7. The van der Waals surface area contributed by atoms with Gasteiger partial charge in [-0.2, -0.15) is 33.2 Å². The Morgan fingerprint density at radius 2 is 1.92 bits per heavy atom. The molecule has 4 rings (SSSR count). The van der Waals surface area contributed by atoms with Gasteiger partial charge in [0.25, 0.3) is 0 Å². The van der Waals surface area contributed by atoms with E-state index < -0.39 is 5.25 Å². The molecule has 0 saturated carbocycles. The van der Waals surface area contributed by atoms with Crippen LogP contribution >= 0.6 is 34.4 Å². The molecule has 1 aliphatic rings. The first-order valence-electron chi connectivity index (χ1n) is 7.47. The van der Waals surface area contributed by atoms with E-state index >= 15 is 0 Å². The number of fused-ring (bicyclic) bond motifs is 1. The second-order valence-electron chi connectivity index (χ2n) is 5.51. The van der Waals surface area contributed by atoms with Crippen molar-refractivity contribution in [1.29, 1.82) is 10.5 Å². The van der Waals surface area contributed by atoms with E-state index in [1.807, 2.05) is 45.8 Å². The molecule has 2 N–H and O–H groups in total. The van der Waals surface area contributed by atoms with E-state index in [2.05, 4.69) is 6.07 Å². The lowest BCUT2D eigenvalue weighted by Crippen LogP contribution is -2.40. The zero-order valence-electron chi connectivity index (χ0n) is 13.2. The molecular weight excluding hydrogens is 384 g/mol. The van der Waals surface area contributed by atoms with E-state index in [1.165, 1.54) is 39.0 Å². The summed E-state index contributed by atoms with van der Waals surface area (Å²) in [5.41, 5.74) is 8.24. The quantitative estimate of drug-likeness (QED) is 0.721. The van der Waals surface area contributed by atoms with Gasteiger partial charge in [-0.15, -0.1) is 0 Å². The zero-order chi connectivity index (χ0) is 18.3. The number of rotatable bonds is 2. The average Bonchev–Trinajstić information content (AvgIpc) is 3.38. The van der Waals surface area contributed by atoms with Crippen LogP contribution < -0.4 is 16.3 Å². The molecule has 0 amide bonds. The van der Waals surface area contributed by atoms with Crippen LogP contribution in [0.3, 0.4) is 0 Å². The van der Waals surface area contributed by atoms with Crippen molar-refractivity contribution in [3.05, 3.63) is 61.0 Å². The minimum Gasteiger partial charge on any atom is -0.396 e. The van der Waals surface area contributed by atoms with E-state index in [9.17, 15) is 15.3 Å². The van der Waals surface area contributed by atoms with Crippen LogP contribution in [0.1, 0.15) is 26.9 Å². The van der Waals surface area contributed by atoms with Gasteiger partial charge in [-0.05, 0) is 50.9 Å². The Kier molecular flexibility index (Phi) is 4.17. The second-order valence-corrected chi connectivity index (χ2v) is 8.18. The molecule has 8 heteroatoms. The number of nitriles is 2. The van der Waals surface area contributed by atoms with Gasteiger partial charge in [0.1, 0.15) is 22.3 Å². The largest absolute Gasteiger partial charge is 0.396 e. The first-order chi connectivity index (χ1) is 12.7. The van der Waals surface area contributed by atoms with Crippen molar-refractivity contribution in [2.45, 2.75) is 5.25 Å². The molecule has 0 spiro atoms. The van der Waals surface area contributed by atoms with Gasteiger partial charge in [-0.1, -0.05) is 11.8 Å². The SMILES string of the molecule is N#CC1=c2/c(=C/c3ccsc3)c(N)c(C#N)n2C(=O)[C@@H](c2ccsc2)S1. The van der Waals surface area contributed by atoms with Crippen molar-refractivity contribution >= 4 is 57.0 Å². The minimum absolute atomic E-state index is 0.0831. The Labute approximate surface area is 160 Å². The molecule has 0 fully saturated rings. The van der Waals surface area contributed by atoms with Gasteiger partial charge in [0.05, 0.1) is 11.0 Å². The van der Waals surface area contributed by atoms with Crippen LogP contribution in [0.4, 0.5) is 5.69 Å². The number of carbonyl (C=O) groups excluding carboxylic acids is 1. The molecule has 1 atom stereocenters. The number of nitrogen functional groups attached to an aromatic ring is 1. The van der Waals surface area contributed by atoms with Crippen molar-refractivity contribution in [3.63, 3.8) is 0 Å². The minimum atomic E-state index is -0.559. The summed E-state index contributed by atoms with van der Waals surface area (Å²) in [6.07, 6.45) is 1.81. The highest BCUT2D eigenvalue weighted by Crippen LogP contribution is 2.39. The summed E-state index contributed by atoms with van der Waals surface area (Å²) in [6, 6.07) is 7.99. The maximum Gasteiger partial charge on any atom is 0.250 e. The summed E-state index contributed by atoms with van der Waals surface area (Å²) in [5, 5.41) is 27.3. The normalized spacial score (nSPS) is 17.0. The molecule has 26 heavy (non-hydrogen) atoms. The summed E-state index contributed by atoms with van der Waals surface area (Å²) in [6.45, 7) is 0. The lowest BCUT2D eigenvalue weighted by molar-refractivity contribution is 0.0905. The number of anilines is 1. The Bertz CT molecular complexity index is 1210.